The van der Waals surface area contributed by atoms with Gasteiger partial charge in [0.15, 0.2) is 11.5 Å². The maximum absolute atomic E-state index is 12.0. The molecule has 0 aromatic heterocycles. The second kappa shape index (κ2) is 12.5. The number of halogens is 4. The number of hydrazone groups is 1. The molecule has 1 amide bonds. The zero-order valence-electron chi connectivity index (χ0n) is 17.3. The standard InChI is InChI=1S/C23H18BrCl3N2O3S/c1-31-21-10-15(11-28-29-22(30)13-33-17-5-3-16(25)4-6-17)8-18(24)23(21)32-12-14-2-7-19(26)20(27)9-14/h2-11H,12-13H2,1H3,(H,29,30)/b28-11-. The molecule has 0 aliphatic rings. The van der Waals surface area contributed by atoms with E-state index in [9.17, 15) is 4.79 Å². The van der Waals surface area contributed by atoms with Gasteiger partial charge in [0, 0.05) is 9.92 Å². The van der Waals surface area contributed by atoms with Crippen LogP contribution in [-0.2, 0) is 11.4 Å². The van der Waals surface area contributed by atoms with E-state index in [1.54, 1.807) is 37.4 Å². The molecule has 3 aromatic rings. The lowest BCUT2D eigenvalue weighted by atomic mass is 10.2. The van der Waals surface area contributed by atoms with Crippen LogP contribution in [-0.4, -0.2) is 25.0 Å². The smallest absolute Gasteiger partial charge is 0.250 e. The van der Waals surface area contributed by atoms with Crippen LogP contribution in [0, 0.1) is 0 Å². The van der Waals surface area contributed by atoms with Gasteiger partial charge in [0.2, 0.25) is 5.91 Å². The Morgan fingerprint density at radius 2 is 1.85 bits per heavy atom. The van der Waals surface area contributed by atoms with Crippen LogP contribution in [0.1, 0.15) is 11.1 Å². The minimum Gasteiger partial charge on any atom is -0.493 e. The van der Waals surface area contributed by atoms with E-state index in [1.807, 2.05) is 24.3 Å². The van der Waals surface area contributed by atoms with Crippen molar-refractivity contribution in [2.24, 2.45) is 5.10 Å². The molecule has 0 bridgehead atoms. The summed E-state index contributed by atoms with van der Waals surface area (Å²) in [4.78, 5) is 13.0. The van der Waals surface area contributed by atoms with Gasteiger partial charge in [-0.3, -0.25) is 4.79 Å². The molecule has 3 aromatic carbocycles. The predicted octanol–water partition coefficient (Wildman–Crippen LogP) is 7.24. The van der Waals surface area contributed by atoms with Crippen LogP contribution in [0.25, 0.3) is 0 Å². The highest BCUT2D eigenvalue weighted by Gasteiger charge is 2.12. The third-order valence-electron chi connectivity index (χ3n) is 4.21. The first-order valence-electron chi connectivity index (χ1n) is 9.50. The molecule has 0 saturated carbocycles. The van der Waals surface area contributed by atoms with Crippen LogP contribution >= 0.6 is 62.5 Å². The minimum atomic E-state index is -0.223. The number of ether oxygens (including phenoxy) is 2. The van der Waals surface area contributed by atoms with Crippen molar-refractivity contribution >= 4 is 74.6 Å². The first-order chi connectivity index (χ1) is 15.9. The Hall–Kier alpha value is -1.90. The van der Waals surface area contributed by atoms with Crippen molar-refractivity contribution in [2.45, 2.75) is 11.5 Å². The number of hydrogen-bond donors (Lipinski definition) is 1. The summed E-state index contributed by atoms with van der Waals surface area (Å²) >= 11 is 22.8. The highest BCUT2D eigenvalue weighted by atomic mass is 79.9. The molecule has 0 heterocycles. The van der Waals surface area contributed by atoms with E-state index in [1.165, 1.54) is 18.0 Å². The molecule has 0 radical (unpaired) electrons. The molecule has 0 spiro atoms. The van der Waals surface area contributed by atoms with Crippen molar-refractivity contribution in [3.8, 4) is 11.5 Å². The Morgan fingerprint density at radius 3 is 2.55 bits per heavy atom. The number of nitrogens with zero attached hydrogens (tertiary/aromatic N) is 1. The molecule has 0 unspecified atom stereocenters. The molecule has 172 valence electrons. The lowest BCUT2D eigenvalue weighted by Gasteiger charge is -2.14. The molecule has 5 nitrogen and oxygen atoms in total. The van der Waals surface area contributed by atoms with E-state index in [0.29, 0.717) is 36.6 Å². The number of rotatable bonds is 9. The summed E-state index contributed by atoms with van der Waals surface area (Å²) in [6, 6.07) is 16.2. The van der Waals surface area contributed by atoms with Gasteiger partial charge >= 0.3 is 0 Å². The normalized spacial score (nSPS) is 10.9. The first-order valence-corrected chi connectivity index (χ1v) is 12.4. The van der Waals surface area contributed by atoms with Gasteiger partial charge in [0.05, 0.1) is 33.6 Å². The third-order valence-corrected chi connectivity index (χ3v) is 6.80. The average molecular weight is 589 g/mol. The quantitative estimate of drug-likeness (QED) is 0.163. The molecule has 1 N–H and O–H groups in total. The van der Waals surface area contributed by atoms with Gasteiger partial charge in [-0.1, -0.05) is 40.9 Å². The average Bonchev–Trinajstić information content (AvgIpc) is 2.80. The maximum Gasteiger partial charge on any atom is 0.250 e. The summed E-state index contributed by atoms with van der Waals surface area (Å²) in [6.45, 7) is 0.278. The van der Waals surface area contributed by atoms with Crippen molar-refractivity contribution in [3.63, 3.8) is 0 Å². The number of benzene rings is 3. The highest BCUT2D eigenvalue weighted by molar-refractivity contribution is 9.10. The lowest BCUT2D eigenvalue weighted by Crippen LogP contribution is -2.19. The lowest BCUT2D eigenvalue weighted by molar-refractivity contribution is -0.118. The largest absolute Gasteiger partial charge is 0.493 e. The second-order valence-electron chi connectivity index (χ2n) is 6.61. The molecular formula is C23H18BrCl3N2O3S. The number of carbonyl (C=O) groups excluding carboxylic acids is 1. The van der Waals surface area contributed by atoms with Gasteiger partial charge in [-0.25, -0.2) is 5.43 Å². The van der Waals surface area contributed by atoms with Crippen molar-refractivity contribution in [1.29, 1.82) is 0 Å². The summed E-state index contributed by atoms with van der Waals surface area (Å²) in [7, 11) is 1.55. The summed E-state index contributed by atoms with van der Waals surface area (Å²) in [5, 5.41) is 5.62. The van der Waals surface area contributed by atoms with Gasteiger partial charge in [0.25, 0.3) is 0 Å². The fourth-order valence-corrected chi connectivity index (χ4v) is 4.34. The summed E-state index contributed by atoms with van der Waals surface area (Å²) in [6.07, 6.45) is 1.53. The van der Waals surface area contributed by atoms with E-state index in [-0.39, 0.29) is 18.3 Å². The van der Waals surface area contributed by atoms with E-state index < -0.39 is 0 Å². The summed E-state index contributed by atoms with van der Waals surface area (Å²) in [5.74, 6) is 1.05. The summed E-state index contributed by atoms with van der Waals surface area (Å²) in [5.41, 5.74) is 4.09. The maximum atomic E-state index is 12.0. The predicted molar refractivity (Wildman–Crippen MR) is 139 cm³/mol. The van der Waals surface area contributed by atoms with E-state index in [4.69, 9.17) is 44.3 Å². The fraction of sp³-hybridized carbons (Fsp3) is 0.130. The van der Waals surface area contributed by atoms with Gasteiger partial charge in [0.1, 0.15) is 6.61 Å². The van der Waals surface area contributed by atoms with Gasteiger partial charge < -0.3 is 9.47 Å². The number of methoxy groups -OCH3 is 1. The van der Waals surface area contributed by atoms with E-state index in [0.717, 1.165) is 10.5 Å². The van der Waals surface area contributed by atoms with Gasteiger partial charge in [-0.2, -0.15) is 5.10 Å². The number of thioether (sulfide) groups is 1. The first kappa shape index (κ1) is 25.7. The Balaban J connectivity index is 1.58. The topological polar surface area (TPSA) is 59.9 Å². The Labute approximate surface area is 219 Å². The molecule has 33 heavy (non-hydrogen) atoms. The number of nitrogens with one attached hydrogen (secondary N) is 1. The van der Waals surface area contributed by atoms with Crippen molar-refractivity contribution in [2.75, 3.05) is 12.9 Å². The fourth-order valence-electron chi connectivity index (χ4n) is 2.63. The molecule has 3 rings (SSSR count). The SMILES string of the molecule is COc1cc(/C=N\NC(=O)CSc2ccc(Cl)cc2)cc(Br)c1OCc1ccc(Cl)c(Cl)c1. The van der Waals surface area contributed by atoms with Crippen LogP contribution in [0.2, 0.25) is 15.1 Å². The van der Waals surface area contributed by atoms with E-state index in [2.05, 4.69) is 26.5 Å². The Bertz CT molecular complexity index is 1160. The molecule has 0 saturated heterocycles. The number of amides is 1. The van der Waals surface area contributed by atoms with Crippen LogP contribution in [0.4, 0.5) is 0 Å². The second-order valence-corrected chi connectivity index (χ2v) is 9.76. The molecule has 10 heteroatoms. The van der Waals surface area contributed by atoms with Crippen molar-refractivity contribution in [3.05, 3.63) is 85.3 Å². The molecule has 0 aliphatic carbocycles. The van der Waals surface area contributed by atoms with Gasteiger partial charge in [-0.15, -0.1) is 11.8 Å². The van der Waals surface area contributed by atoms with Gasteiger partial charge in [-0.05, 0) is 75.6 Å². The molecular weight excluding hydrogens is 571 g/mol. The molecule has 0 atom stereocenters. The molecule has 0 aliphatic heterocycles. The monoisotopic (exact) mass is 586 g/mol. The van der Waals surface area contributed by atoms with Crippen molar-refractivity contribution in [1.82, 2.24) is 5.43 Å². The number of carbonyl (C=O) groups is 1. The molecule has 0 fully saturated rings. The van der Waals surface area contributed by atoms with Crippen LogP contribution < -0.4 is 14.9 Å². The summed E-state index contributed by atoms with van der Waals surface area (Å²) < 4.78 is 12.1. The van der Waals surface area contributed by atoms with E-state index >= 15 is 0 Å². The Morgan fingerprint density at radius 1 is 1.09 bits per heavy atom. The third kappa shape index (κ3) is 7.83. The minimum absolute atomic E-state index is 0.223. The van der Waals surface area contributed by atoms with Crippen molar-refractivity contribution < 1.29 is 14.3 Å². The zero-order chi connectivity index (χ0) is 23.8. The highest BCUT2D eigenvalue weighted by Crippen LogP contribution is 2.37. The van der Waals surface area contributed by atoms with Crippen LogP contribution in [0.5, 0.6) is 11.5 Å². The van der Waals surface area contributed by atoms with Crippen LogP contribution in [0.15, 0.2) is 69.1 Å². The van der Waals surface area contributed by atoms with Crippen LogP contribution in [0.3, 0.4) is 0 Å². The number of hydrogen-bond acceptors (Lipinski definition) is 5. The Kier molecular flexibility index (Phi) is 9.77. The zero-order valence-corrected chi connectivity index (χ0v) is 22.0.